The normalized spacial score (nSPS) is 15.0. The molecule has 0 atom stereocenters. The van der Waals surface area contributed by atoms with Crippen molar-refractivity contribution in [2.75, 3.05) is 7.11 Å². The molecule has 118 valence electrons. The van der Waals surface area contributed by atoms with Crippen LogP contribution in [0.2, 0.25) is 0 Å². The molecule has 1 aliphatic carbocycles. The summed E-state index contributed by atoms with van der Waals surface area (Å²) in [7, 11) is -2.15. The Morgan fingerprint density at radius 1 is 1.32 bits per heavy atom. The number of hydrogen-bond donors (Lipinski definition) is 1. The summed E-state index contributed by atoms with van der Waals surface area (Å²) in [6.45, 7) is 3.63. The summed E-state index contributed by atoms with van der Waals surface area (Å²) < 4.78 is 38.1. The number of aryl methyl sites for hydroxylation is 2. The molecule has 7 heteroatoms. The number of rotatable bonds is 5. The molecule has 0 saturated heterocycles. The number of hydrogen-bond acceptors (Lipinski definition) is 5. The Bertz CT molecular complexity index is 787. The van der Waals surface area contributed by atoms with E-state index in [0.29, 0.717) is 11.5 Å². The van der Waals surface area contributed by atoms with Gasteiger partial charge in [-0.3, -0.25) is 0 Å². The van der Waals surface area contributed by atoms with Crippen LogP contribution in [0.4, 0.5) is 0 Å². The lowest BCUT2D eigenvalue weighted by Gasteiger charge is -2.12. The lowest BCUT2D eigenvalue weighted by molar-refractivity contribution is 0.393. The molecule has 1 aliphatic rings. The fourth-order valence-electron chi connectivity index (χ4n) is 2.42. The number of sulfonamides is 1. The van der Waals surface area contributed by atoms with Gasteiger partial charge in [-0.1, -0.05) is 11.2 Å². The van der Waals surface area contributed by atoms with E-state index in [1.807, 2.05) is 13.0 Å². The molecule has 6 nitrogen and oxygen atoms in total. The summed E-state index contributed by atoms with van der Waals surface area (Å²) in [4.78, 5) is 0.138. The number of ether oxygens (including phenoxy) is 1. The van der Waals surface area contributed by atoms with Gasteiger partial charge in [-0.2, -0.15) is 0 Å². The smallest absolute Gasteiger partial charge is 0.244 e. The van der Waals surface area contributed by atoms with Crippen molar-refractivity contribution in [3.05, 3.63) is 29.7 Å². The van der Waals surface area contributed by atoms with E-state index >= 15 is 0 Å². The van der Waals surface area contributed by atoms with Gasteiger partial charge in [0.25, 0.3) is 0 Å². The summed E-state index contributed by atoms with van der Waals surface area (Å²) in [6, 6.07) is 5.11. The van der Waals surface area contributed by atoms with Gasteiger partial charge in [0, 0.05) is 11.6 Å². The zero-order valence-corrected chi connectivity index (χ0v) is 13.5. The first-order valence-corrected chi connectivity index (χ1v) is 8.54. The summed E-state index contributed by atoms with van der Waals surface area (Å²) >= 11 is 0. The van der Waals surface area contributed by atoms with Gasteiger partial charge in [0.2, 0.25) is 10.0 Å². The lowest BCUT2D eigenvalue weighted by Crippen LogP contribution is -2.26. The number of nitrogens with zero attached hydrogens (tertiary/aromatic N) is 1. The van der Waals surface area contributed by atoms with E-state index in [9.17, 15) is 8.42 Å². The quantitative estimate of drug-likeness (QED) is 0.914. The fourth-order valence-corrected chi connectivity index (χ4v) is 3.92. The first-order valence-electron chi connectivity index (χ1n) is 7.06. The molecule has 1 aromatic heterocycles. The molecule has 1 aromatic carbocycles. The van der Waals surface area contributed by atoms with E-state index in [1.54, 1.807) is 19.1 Å². The maximum Gasteiger partial charge on any atom is 0.244 e. The maximum absolute atomic E-state index is 12.5. The average Bonchev–Trinajstić information content (AvgIpc) is 3.22. The number of benzene rings is 1. The van der Waals surface area contributed by atoms with E-state index in [4.69, 9.17) is 9.26 Å². The van der Waals surface area contributed by atoms with Crippen molar-refractivity contribution in [3.63, 3.8) is 0 Å². The van der Waals surface area contributed by atoms with Crippen LogP contribution in [0.1, 0.15) is 24.3 Å². The molecule has 1 heterocycles. The highest BCUT2D eigenvalue weighted by molar-refractivity contribution is 7.89. The number of methoxy groups -OCH3 is 1. The van der Waals surface area contributed by atoms with Crippen LogP contribution in [-0.4, -0.2) is 26.7 Å². The van der Waals surface area contributed by atoms with Crippen LogP contribution in [0.25, 0.3) is 11.1 Å². The maximum atomic E-state index is 12.5. The number of nitrogens with one attached hydrogen (secondary N) is 1. The molecule has 0 radical (unpaired) electrons. The second kappa shape index (κ2) is 5.40. The third-order valence-corrected chi connectivity index (χ3v) is 5.22. The third-order valence-electron chi connectivity index (χ3n) is 3.67. The molecule has 22 heavy (non-hydrogen) atoms. The average molecular weight is 322 g/mol. The van der Waals surface area contributed by atoms with Crippen molar-refractivity contribution < 1.29 is 17.7 Å². The van der Waals surface area contributed by atoms with Gasteiger partial charge in [-0.05, 0) is 44.4 Å². The topological polar surface area (TPSA) is 81.4 Å². The van der Waals surface area contributed by atoms with Crippen LogP contribution in [0, 0.1) is 13.8 Å². The monoisotopic (exact) mass is 322 g/mol. The van der Waals surface area contributed by atoms with Crippen LogP contribution >= 0.6 is 0 Å². The van der Waals surface area contributed by atoms with Crippen molar-refractivity contribution in [3.8, 4) is 16.9 Å². The SMILES string of the molecule is COc1ccc(-c2c(C)noc2C)cc1S(=O)(=O)NC1CC1. The molecule has 1 saturated carbocycles. The standard InChI is InChI=1S/C15H18N2O4S/c1-9-15(10(2)21-16-9)11-4-7-13(20-3)14(8-11)22(18,19)17-12-5-6-12/h4,7-8,12,17H,5-6H2,1-3H3. The second-order valence-corrected chi connectivity index (χ2v) is 7.14. The van der Waals surface area contributed by atoms with Gasteiger partial charge in [-0.15, -0.1) is 0 Å². The zero-order valence-electron chi connectivity index (χ0n) is 12.7. The Labute approximate surface area is 129 Å². The molecule has 0 spiro atoms. The van der Waals surface area contributed by atoms with E-state index < -0.39 is 10.0 Å². The molecule has 0 bridgehead atoms. The summed E-state index contributed by atoms with van der Waals surface area (Å²) in [6.07, 6.45) is 1.76. The van der Waals surface area contributed by atoms with Gasteiger partial charge < -0.3 is 9.26 Å². The molecular weight excluding hydrogens is 304 g/mol. The van der Waals surface area contributed by atoms with E-state index in [-0.39, 0.29) is 10.9 Å². The first-order chi connectivity index (χ1) is 10.4. The van der Waals surface area contributed by atoms with Crippen LogP contribution < -0.4 is 9.46 Å². The van der Waals surface area contributed by atoms with Gasteiger partial charge in [0.05, 0.1) is 12.8 Å². The predicted molar refractivity (Wildman–Crippen MR) is 81.3 cm³/mol. The van der Waals surface area contributed by atoms with E-state index in [0.717, 1.165) is 29.7 Å². The minimum Gasteiger partial charge on any atom is -0.495 e. The Morgan fingerprint density at radius 3 is 2.59 bits per heavy atom. The van der Waals surface area contributed by atoms with Crippen LogP contribution in [0.5, 0.6) is 5.75 Å². The molecule has 0 unspecified atom stereocenters. The van der Waals surface area contributed by atoms with Gasteiger partial charge >= 0.3 is 0 Å². The highest BCUT2D eigenvalue weighted by Crippen LogP contribution is 2.34. The van der Waals surface area contributed by atoms with Gasteiger partial charge in [0.1, 0.15) is 16.4 Å². The predicted octanol–water partition coefficient (Wildman–Crippen LogP) is 2.41. The Hall–Kier alpha value is -1.86. The lowest BCUT2D eigenvalue weighted by atomic mass is 10.0. The fraction of sp³-hybridized carbons (Fsp3) is 0.400. The molecule has 1 N–H and O–H groups in total. The Morgan fingerprint density at radius 2 is 2.05 bits per heavy atom. The number of aromatic nitrogens is 1. The van der Waals surface area contributed by atoms with Crippen LogP contribution in [-0.2, 0) is 10.0 Å². The zero-order chi connectivity index (χ0) is 15.9. The van der Waals surface area contributed by atoms with Crippen molar-refractivity contribution in [2.24, 2.45) is 0 Å². The molecule has 1 fully saturated rings. The van der Waals surface area contributed by atoms with Crippen molar-refractivity contribution in [1.29, 1.82) is 0 Å². The van der Waals surface area contributed by atoms with Crippen LogP contribution in [0.15, 0.2) is 27.6 Å². The highest BCUT2D eigenvalue weighted by atomic mass is 32.2. The minimum absolute atomic E-state index is 0.0393. The first kappa shape index (κ1) is 15.1. The summed E-state index contributed by atoms with van der Waals surface area (Å²) in [5.41, 5.74) is 2.28. The Balaban J connectivity index is 2.10. The minimum atomic E-state index is -3.61. The van der Waals surface area contributed by atoms with Crippen LogP contribution in [0.3, 0.4) is 0 Å². The van der Waals surface area contributed by atoms with Crippen molar-refractivity contribution >= 4 is 10.0 Å². The molecule has 0 amide bonds. The Kier molecular flexibility index (Phi) is 3.70. The molecular formula is C15H18N2O4S. The highest BCUT2D eigenvalue weighted by Gasteiger charge is 2.30. The van der Waals surface area contributed by atoms with Gasteiger partial charge in [-0.25, -0.2) is 13.1 Å². The third kappa shape index (κ3) is 2.74. The second-order valence-electron chi connectivity index (χ2n) is 5.46. The summed E-state index contributed by atoms with van der Waals surface area (Å²) in [5.74, 6) is 0.977. The van der Waals surface area contributed by atoms with Gasteiger partial charge in [0.15, 0.2) is 0 Å². The van der Waals surface area contributed by atoms with E-state index in [2.05, 4.69) is 9.88 Å². The molecule has 3 rings (SSSR count). The van der Waals surface area contributed by atoms with Crippen molar-refractivity contribution in [2.45, 2.75) is 37.6 Å². The largest absolute Gasteiger partial charge is 0.495 e. The molecule has 0 aliphatic heterocycles. The summed E-state index contributed by atoms with van der Waals surface area (Å²) in [5, 5.41) is 3.91. The van der Waals surface area contributed by atoms with Crippen molar-refractivity contribution in [1.82, 2.24) is 9.88 Å². The van der Waals surface area contributed by atoms with E-state index in [1.165, 1.54) is 7.11 Å². The molecule has 2 aromatic rings.